The molecule has 15 heavy (non-hydrogen) atoms. The minimum atomic E-state index is -1.05. The first kappa shape index (κ1) is 12.5. The Morgan fingerprint density at radius 3 is 2.60 bits per heavy atom. The van der Waals surface area contributed by atoms with Gasteiger partial charge in [0.15, 0.2) is 0 Å². The molecule has 1 rings (SSSR count). The third-order valence-corrected chi connectivity index (χ3v) is 3.41. The van der Waals surface area contributed by atoms with Crippen molar-refractivity contribution in [2.45, 2.75) is 57.9 Å². The Balaban J connectivity index is 2.14. The number of hydrogen-bond donors (Lipinski definition) is 2. The lowest BCUT2D eigenvalue weighted by Crippen LogP contribution is -2.44. The predicted octanol–water partition coefficient (Wildman–Crippen LogP) is 2.39. The number of hydrogen-bond acceptors (Lipinski definition) is 2. The summed E-state index contributed by atoms with van der Waals surface area (Å²) in [6.45, 7) is 3.79. The summed E-state index contributed by atoms with van der Waals surface area (Å²) in [6.07, 6.45) is 6.84. The van der Waals surface area contributed by atoms with Crippen molar-refractivity contribution in [3.63, 3.8) is 0 Å². The SMILES string of the molecule is CC(CCC1CC1)CCC(C)(N)C(=O)O. The number of nitrogens with two attached hydrogens (primary N) is 1. The average Bonchev–Trinajstić information content (AvgIpc) is 2.94. The van der Waals surface area contributed by atoms with E-state index in [1.807, 2.05) is 0 Å². The third kappa shape index (κ3) is 4.65. The lowest BCUT2D eigenvalue weighted by molar-refractivity contribution is -0.143. The van der Waals surface area contributed by atoms with Crippen LogP contribution in [0.1, 0.15) is 52.4 Å². The van der Waals surface area contributed by atoms with Crippen molar-refractivity contribution in [2.75, 3.05) is 0 Å². The van der Waals surface area contributed by atoms with Crippen LogP contribution < -0.4 is 5.73 Å². The summed E-state index contributed by atoms with van der Waals surface area (Å²) in [7, 11) is 0. The second-order valence-corrected chi connectivity index (χ2v) is 5.39. The molecule has 0 radical (unpaired) electrons. The average molecular weight is 213 g/mol. The fraction of sp³-hybridized carbons (Fsp3) is 0.917. The van der Waals surface area contributed by atoms with Gasteiger partial charge >= 0.3 is 5.97 Å². The maximum absolute atomic E-state index is 10.8. The first-order valence-electron chi connectivity index (χ1n) is 5.94. The van der Waals surface area contributed by atoms with Crippen LogP contribution in [0.5, 0.6) is 0 Å². The highest BCUT2D eigenvalue weighted by molar-refractivity contribution is 5.77. The van der Waals surface area contributed by atoms with Crippen molar-refractivity contribution < 1.29 is 9.90 Å². The molecule has 0 aromatic rings. The summed E-state index contributed by atoms with van der Waals surface area (Å²) in [5.74, 6) is 0.681. The number of aliphatic carboxylic acids is 1. The Hall–Kier alpha value is -0.570. The van der Waals surface area contributed by atoms with Crippen LogP contribution in [-0.4, -0.2) is 16.6 Å². The minimum absolute atomic E-state index is 0.578. The van der Waals surface area contributed by atoms with Gasteiger partial charge in [-0.2, -0.15) is 0 Å². The van der Waals surface area contributed by atoms with Gasteiger partial charge in [0.1, 0.15) is 5.54 Å². The smallest absolute Gasteiger partial charge is 0.323 e. The molecule has 88 valence electrons. The van der Waals surface area contributed by atoms with Gasteiger partial charge in [-0.25, -0.2) is 0 Å². The zero-order valence-electron chi connectivity index (χ0n) is 9.83. The standard InChI is InChI=1S/C12H23NO2/c1-9(3-4-10-5-6-10)7-8-12(2,13)11(14)15/h9-10H,3-8,13H2,1-2H3,(H,14,15). The fourth-order valence-electron chi connectivity index (χ4n) is 1.72. The van der Waals surface area contributed by atoms with Crippen LogP contribution in [0.2, 0.25) is 0 Å². The van der Waals surface area contributed by atoms with E-state index in [2.05, 4.69) is 6.92 Å². The number of carboxylic acids is 1. The Morgan fingerprint density at radius 2 is 2.13 bits per heavy atom. The molecular weight excluding hydrogens is 190 g/mol. The Kier molecular flexibility index (Phi) is 4.14. The zero-order valence-corrected chi connectivity index (χ0v) is 9.83. The Morgan fingerprint density at radius 1 is 1.53 bits per heavy atom. The molecule has 1 fully saturated rings. The van der Waals surface area contributed by atoms with Crippen molar-refractivity contribution >= 4 is 5.97 Å². The van der Waals surface area contributed by atoms with Gasteiger partial charge < -0.3 is 10.8 Å². The molecule has 0 spiro atoms. The molecular formula is C12H23NO2. The molecule has 3 heteroatoms. The third-order valence-electron chi connectivity index (χ3n) is 3.41. The van der Waals surface area contributed by atoms with E-state index in [1.54, 1.807) is 6.92 Å². The second-order valence-electron chi connectivity index (χ2n) is 5.39. The van der Waals surface area contributed by atoms with Gasteiger partial charge in [-0.15, -0.1) is 0 Å². The molecule has 0 saturated heterocycles. The van der Waals surface area contributed by atoms with Crippen molar-refractivity contribution in [2.24, 2.45) is 17.6 Å². The highest BCUT2D eigenvalue weighted by Crippen LogP contribution is 2.35. The van der Waals surface area contributed by atoms with Crippen LogP contribution in [0, 0.1) is 11.8 Å². The van der Waals surface area contributed by atoms with Gasteiger partial charge in [-0.1, -0.05) is 32.6 Å². The van der Waals surface area contributed by atoms with E-state index in [9.17, 15) is 4.79 Å². The second kappa shape index (κ2) is 4.97. The molecule has 0 amide bonds. The van der Waals surface area contributed by atoms with Crippen molar-refractivity contribution in [3.8, 4) is 0 Å². The quantitative estimate of drug-likeness (QED) is 0.682. The van der Waals surface area contributed by atoms with Gasteiger partial charge in [0.2, 0.25) is 0 Å². The van der Waals surface area contributed by atoms with Crippen molar-refractivity contribution in [1.82, 2.24) is 0 Å². The Labute approximate surface area is 92.0 Å². The first-order valence-corrected chi connectivity index (χ1v) is 5.94. The van der Waals surface area contributed by atoms with Crippen LogP contribution in [-0.2, 0) is 4.79 Å². The minimum Gasteiger partial charge on any atom is -0.480 e. The molecule has 1 saturated carbocycles. The fourth-order valence-corrected chi connectivity index (χ4v) is 1.72. The van der Waals surface area contributed by atoms with Crippen LogP contribution in [0.4, 0.5) is 0 Å². The molecule has 3 N–H and O–H groups in total. The molecule has 0 aliphatic heterocycles. The van der Waals surface area contributed by atoms with E-state index in [-0.39, 0.29) is 0 Å². The van der Waals surface area contributed by atoms with E-state index in [0.717, 1.165) is 12.3 Å². The summed E-state index contributed by atoms with van der Waals surface area (Å²) in [5.41, 5.74) is 4.63. The topological polar surface area (TPSA) is 63.3 Å². The molecule has 2 atom stereocenters. The lowest BCUT2D eigenvalue weighted by atomic mass is 9.90. The number of carbonyl (C=O) groups is 1. The van der Waals surface area contributed by atoms with Crippen molar-refractivity contribution in [3.05, 3.63) is 0 Å². The molecule has 0 aromatic carbocycles. The van der Waals surface area contributed by atoms with Gasteiger partial charge in [0, 0.05) is 0 Å². The summed E-state index contributed by atoms with van der Waals surface area (Å²) in [4.78, 5) is 10.8. The molecule has 0 aromatic heterocycles. The lowest BCUT2D eigenvalue weighted by Gasteiger charge is -2.21. The molecule has 1 aliphatic carbocycles. The number of rotatable bonds is 7. The summed E-state index contributed by atoms with van der Waals surface area (Å²) < 4.78 is 0. The summed E-state index contributed by atoms with van der Waals surface area (Å²) in [5, 5.41) is 8.86. The van der Waals surface area contributed by atoms with Gasteiger partial charge in [0.25, 0.3) is 0 Å². The van der Waals surface area contributed by atoms with E-state index < -0.39 is 11.5 Å². The highest BCUT2D eigenvalue weighted by atomic mass is 16.4. The monoisotopic (exact) mass is 213 g/mol. The molecule has 0 bridgehead atoms. The van der Waals surface area contributed by atoms with Crippen LogP contribution >= 0.6 is 0 Å². The van der Waals surface area contributed by atoms with Crippen LogP contribution in [0.3, 0.4) is 0 Å². The van der Waals surface area contributed by atoms with Crippen molar-refractivity contribution in [1.29, 1.82) is 0 Å². The van der Waals surface area contributed by atoms with Gasteiger partial charge in [-0.05, 0) is 31.6 Å². The first-order chi connectivity index (χ1) is 6.92. The predicted molar refractivity (Wildman–Crippen MR) is 60.6 cm³/mol. The van der Waals surface area contributed by atoms with E-state index in [0.29, 0.717) is 12.3 Å². The molecule has 0 heterocycles. The van der Waals surface area contributed by atoms with Crippen LogP contribution in [0.25, 0.3) is 0 Å². The highest BCUT2D eigenvalue weighted by Gasteiger charge is 2.28. The Bertz CT molecular complexity index is 222. The zero-order chi connectivity index (χ0) is 11.5. The maximum Gasteiger partial charge on any atom is 0.323 e. The molecule has 1 aliphatic rings. The summed E-state index contributed by atoms with van der Waals surface area (Å²) in [6, 6.07) is 0. The van der Waals surface area contributed by atoms with E-state index in [4.69, 9.17) is 10.8 Å². The maximum atomic E-state index is 10.8. The van der Waals surface area contributed by atoms with Crippen LogP contribution in [0.15, 0.2) is 0 Å². The molecule has 2 unspecified atom stereocenters. The largest absolute Gasteiger partial charge is 0.480 e. The molecule has 3 nitrogen and oxygen atoms in total. The van der Waals surface area contributed by atoms with Gasteiger partial charge in [0.05, 0.1) is 0 Å². The van der Waals surface area contributed by atoms with Gasteiger partial charge in [-0.3, -0.25) is 4.79 Å². The normalized spacial score (nSPS) is 22.1. The summed E-state index contributed by atoms with van der Waals surface area (Å²) >= 11 is 0. The van der Waals surface area contributed by atoms with E-state index >= 15 is 0 Å². The number of carboxylic acid groups (broad SMARTS) is 1. The van der Waals surface area contributed by atoms with E-state index in [1.165, 1.54) is 25.7 Å².